The third kappa shape index (κ3) is 3.32. The fraction of sp³-hybridized carbons (Fsp3) is 0.556. The zero-order chi connectivity index (χ0) is 17.0. The maximum Gasteiger partial charge on any atom is 0.220 e. The Morgan fingerprint density at radius 3 is 2.75 bits per heavy atom. The Kier molecular flexibility index (Phi) is 4.92. The molecule has 1 heterocycles. The van der Waals surface area contributed by atoms with Crippen molar-refractivity contribution in [1.29, 1.82) is 0 Å². The van der Waals surface area contributed by atoms with Gasteiger partial charge in [-0.05, 0) is 44.2 Å². The second-order valence-corrected chi connectivity index (χ2v) is 6.52. The van der Waals surface area contributed by atoms with Gasteiger partial charge in [-0.1, -0.05) is 25.8 Å². The normalized spacial score (nSPS) is 19.8. The number of ether oxygens (including phenoxy) is 1. The van der Waals surface area contributed by atoms with Crippen LogP contribution >= 0.6 is 0 Å². The Hall–Kier alpha value is -2.24. The molecule has 1 saturated carbocycles. The van der Waals surface area contributed by atoms with E-state index in [1.165, 1.54) is 6.42 Å². The number of hydrogen-bond donors (Lipinski definition) is 2. The minimum absolute atomic E-state index is 0.279. The summed E-state index contributed by atoms with van der Waals surface area (Å²) >= 11 is 0. The van der Waals surface area contributed by atoms with Gasteiger partial charge in [-0.3, -0.25) is 4.90 Å². The number of hydrogen-bond acceptors (Lipinski definition) is 6. The molecular formula is C18H27N5O. The van der Waals surface area contributed by atoms with Crippen molar-refractivity contribution in [3.8, 4) is 5.75 Å². The van der Waals surface area contributed by atoms with E-state index in [-0.39, 0.29) is 5.96 Å². The largest absolute Gasteiger partial charge is 0.494 e. The first-order chi connectivity index (χ1) is 11.6. The number of guanidine groups is 2. The Morgan fingerprint density at radius 1 is 1.21 bits per heavy atom. The summed E-state index contributed by atoms with van der Waals surface area (Å²) in [5.74, 6) is 1.54. The second kappa shape index (κ2) is 7.11. The maximum atomic E-state index is 6.25. The monoisotopic (exact) mass is 329 g/mol. The number of aliphatic imine (C=N–C) groups is 2. The molecule has 0 unspecified atom stereocenters. The van der Waals surface area contributed by atoms with Crippen LogP contribution in [0.5, 0.6) is 5.75 Å². The molecule has 0 saturated heterocycles. The third-order valence-corrected chi connectivity index (χ3v) is 4.69. The second-order valence-electron chi connectivity index (χ2n) is 6.52. The molecule has 0 atom stereocenters. The van der Waals surface area contributed by atoms with Crippen LogP contribution in [0.1, 0.15) is 51.9 Å². The first kappa shape index (κ1) is 16.6. The smallest absolute Gasteiger partial charge is 0.220 e. The lowest BCUT2D eigenvalue weighted by molar-refractivity contribution is 0.302. The summed E-state index contributed by atoms with van der Waals surface area (Å²) in [6, 6.07) is 8.01. The average molecular weight is 329 g/mol. The fourth-order valence-electron chi connectivity index (χ4n) is 3.54. The van der Waals surface area contributed by atoms with E-state index in [0.29, 0.717) is 5.96 Å². The van der Waals surface area contributed by atoms with E-state index >= 15 is 0 Å². The molecule has 1 aliphatic heterocycles. The summed E-state index contributed by atoms with van der Waals surface area (Å²) in [5, 5.41) is 0. The molecule has 0 radical (unpaired) electrons. The molecule has 4 N–H and O–H groups in total. The van der Waals surface area contributed by atoms with Gasteiger partial charge in [0.05, 0.1) is 6.61 Å². The molecule has 6 heteroatoms. The lowest BCUT2D eigenvalue weighted by atomic mass is 9.87. The molecule has 3 rings (SSSR count). The van der Waals surface area contributed by atoms with Crippen LogP contribution in [-0.4, -0.2) is 24.2 Å². The maximum absolute atomic E-state index is 6.25. The molecule has 2 aliphatic rings. The third-order valence-electron chi connectivity index (χ3n) is 4.69. The van der Waals surface area contributed by atoms with E-state index in [0.717, 1.165) is 56.6 Å². The van der Waals surface area contributed by atoms with Crippen LogP contribution in [0.4, 0.5) is 5.69 Å². The van der Waals surface area contributed by atoms with Gasteiger partial charge in [-0.15, -0.1) is 0 Å². The zero-order valence-corrected chi connectivity index (χ0v) is 14.4. The van der Waals surface area contributed by atoms with Crippen molar-refractivity contribution < 1.29 is 4.74 Å². The fourth-order valence-corrected chi connectivity index (χ4v) is 3.54. The van der Waals surface area contributed by atoms with Gasteiger partial charge in [-0.25, -0.2) is 4.99 Å². The average Bonchev–Trinajstić information content (AvgIpc) is 2.55. The van der Waals surface area contributed by atoms with Crippen molar-refractivity contribution in [1.82, 2.24) is 0 Å². The Balaban J connectivity index is 1.90. The van der Waals surface area contributed by atoms with Crippen LogP contribution in [-0.2, 0) is 0 Å². The van der Waals surface area contributed by atoms with Crippen molar-refractivity contribution in [2.45, 2.75) is 57.5 Å². The van der Waals surface area contributed by atoms with Crippen molar-refractivity contribution in [2.24, 2.45) is 21.5 Å². The van der Waals surface area contributed by atoms with E-state index in [1.807, 2.05) is 29.2 Å². The molecule has 1 aromatic rings. The highest BCUT2D eigenvalue weighted by Crippen LogP contribution is 2.40. The molecule has 130 valence electrons. The Labute approximate surface area is 143 Å². The standard InChI is InChI=1S/C18H27N5O/c1-2-3-12-24-15-9-7-8-14(13-15)23-17(20)21-16(19)22-18(23)10-5-4-6-11-18/h7-9,13H,2-6,10-12H2,1H3,(H4,19,20,21,22). The van der Waals surface area contributed by atoms with Gasteiger partial charge < -0.3 is 16.2 Å². The summed E-state index contributed by atoms with van der Waals surface area (Å²) in [6.07, 6.45) is 7.49. The van der Waals surface area contributed by atoms with Gasteiger partial charge in [0.2, 0.25) is 11.9 Å². The Morgan fingerprint density at radius 2 is 2.00 bits per heavy atom. The highest BCUT2D eigenvalue weighted by Gasteiger charge is 2.42. The highest BCUT2D eigenvalue weighted by atomic mass is 16.5. The van der Waals surface area contributed by atoms with E-state index in [2.05, 4.69) is 11.9 Å². The number of benzene rings is 1. The molecule has 1 spiro atoms. The van der Waals surface area contributed by atoms with Crippen LogP contribution in [0.25, 0.3) is 0 Å². The minimum Gasteiger partial charge on any atom is -0.494 e. The topological polar surface area (TPSA) is 89.2 Å². The molecule has 1 fully saturated rings. The van der Waals surface area contributed by atoms with Gasteiger partial charge in [0, 0.05) is 11.8 Å². The first-order valence-corrected chi connectivity index (χ1v) is 8.87. The number of nitrogens with two attached hydrogens (primary N) is 2. The summed E-state index contributed by atoms with van der Waals surface area (Å²) in [5.41, 5.74) is 12.7. The zero-order valence-electron chi connectivity index (χ0n) is 14.4. The van der Waals surface area contributed by atoms with E-state index in [4.69, 9.17) is 21.2 Å². The van der Waals surface area contributed by atoms with Crippen molar-refractivity contribution in [3.05, 3.63) is 24.3 Å². The number of rotatable bonds is 5. The number of unbranched alkanes of at least 4 members (excludes halogenated alkanes) is 1. The molecular weight excluding hydrogens is 302 g/mol. The minimum atomic E-state index is -0.407. The summed E-state index contributed by atoms with van der Waals surface area (Å²) in [4.78, 5) is 10.9. The van der Waals surface area contributed by atoms with Gasteiger partial charge in [0.15, 0.2) is 0 Å². The molecule has 0 bridgehead atoms. The predicted molar refractivity (Wildman–Crippen MR) is 98.4 cm³/mol. The van der Waals surface area contributed by atoms with Crippen molar-refractivity contribution in [2.75, 3.05) is 11.5 Å². The van der Waals surface area contributed by atoms with Crippen LogP contribution in [0, 0.1) is 0 Å². The quantitative estimate of drug-likeness (QED) is 0.813. The van der Waals surface area contributed by atoms with Crippen LogP contribution in [0.3, 0.4) is 0 Å². The van der Waals surface area contributed by atoms with Crippen LogP contribution in [0.2, 0.25) is 0 Å². The predicted octanol–water partition coefficient (Wildman–Crippen LogP) is 2.98. The molecule has 0 aromatic heterocycles. The molecule has 1 aromatic carbocycles. The molecule has 6 nitrogen and oxygen atoms in total. The molecule has 24 heavy (non-hydrogen) atoms. The van der Waals surface area contributed by atoms with Gasteiger partial charge in [0.25, 0.3) is 0 Å². The van der Waals surface area contributed by atoms with E-state index < -0.39 is 5.66 Å². The Bertz CT molecular complexity index is 634. The van der Waals surface area contributed by atoms with Crippen molar-refractivity contribution >= 4 is 17.6 Å². The summed E-state index contributed by atoms with van der Waals surface area (Å²) in [7, 11) is 0. The lowest BCUT2D eigenvalue weighted by Gasteiger charge is -2.45. The van der Waals surface area contributed by atoms with Gasteiger partial charge in [0.1, 0.15) is 11.4 Å². The van der Waals surface area contributed by atoms with Gasteiger partial charge in [-0.2, -0.15) is 4.99 Å². The molecule has 1 aliphatic carbocycles. The number of nitrogens with zero attached hydrogens (tertiary/aromatic N) is 3. The SMILES string of the molecule is CCCCOc1cccc(N2C(N)=NC(N)=NC23CCCCC3)c1. The summed E-state index contributed by atoms with van der Waals surface area (Å²) < 4.78 is 5.84. The molecule has 0 amide bonds. The van der Waals surface area contributed by atoms with Crippen LogP contribution < -0.4 is 21.1 Å². The van der Waals surface area contributed by atoms with E-state index in [9.17, 15) is 0 Å². The number of anilines is 1. The van der Waals surface area contributed by atoms with E-state index in [1.54, 1.807) is 0 Å². The first-order valence-electron chi connectivity index (χ1n) is 8.87. The van der Waals surface area contributed by atoms with Crippen LogP contribution in [0.15, 0.2) is 34.3 Å². The van der Waals surface area contributed by atoms with Gasteiger partial charge >= 0.3 is 0 Å². The van der Waals surface area contributed by atoms with Crippen molar-refractivity contribution in [3.63, 3.8) is 0 Å². The highest BCUT2D eigenvalue weighted by molar-refractivity contribution is 6.05. The summed E-state index contributed by atoms with van der Waals surface area (Å²) in [6.45, 7) is 2.87. The lowest BCUT2D eigenvalue weighted by Crippen LogP contribution is -2.58.